The maximum absolute atomic E-state index is 13.0. The summed E-state index contributed by atoms with van der Waals surface area (Å²) in [5, 5.41) is 13.1. The summed E-state index contributed by atoms with van der Waals surface area (Å²) in [6.45, 7) is 5.84. The summed E-state index contributed by atoms with van der Waals surface area (Å²) in [6.07, 6.45) is 6.71. The van der Waals surface area contributed by atoms with Crippen LogP contribution in [0.15, 0.2) is 69.9 Å². The number of aryl methyl sites for hydroxylation is 1. The lowest BCUT2D eigenvalue weighted by atomic mass is 10.1. The van der Waals surface area contributed by atoms with Gasteiger partial charge < -0.3 is 19.3 Å². The lowest BCUT2D eigenvalue weighted by molar-refractivity contribution is -0.138. The van der Waals surface area contributed by atoms with E-state index >= 15 is 0 Å². The second-order valence-electron chi connectivity index (χ2n) is 9.42. The molecule has 0 aliphatic carbocycles. The van der Waals surface area contributed by atoms with Gasteiger partial charge in [-0.05, 0) is 62.1 Å². The van der Waals surface area contributed by atoms with E-state index in [1.165, 1.54) is 11.8 Å². The Morgan fingerprint density at radius 3 is 2.56 bits per heavy atom. The number of fused-ring (bicyclic) bond motifs is 1. The second-order valence-corrected chi connectivity index (χ2v) is 10.9. The molecule has 0 saturated carbocycles. The Labute approximate surface area is 236 Å². The lowest BCUT2D eigenvalue weighted by Crippen LogP contribution is -2.30. The predicted molar refractivity (Wildman–Crippen MR) is 158 cm³/mol. The number of aromatic nitrogens is 1. The van der Waals surface area contributed by atoms with Crippen molar-refractivity contribution in [2.24, 2.45) is 4.99 Å². The Kier molecular flexibility index (Phi) is 8.14. The highest BCUT2D eigenvalue weighted by Crippen LogP contribution is 2.41. The number of ether oxygens (including phenoxy) is 1. The van der Waals surface area contributed by atoms with Crippen molar-refractivity contribution in [2.45, 2.75) is 39.7 Å². The van der Waals surface area contributed by atoms with Crippen molar-refractivity contribution in [1.29, 1.82) is 0 Å². The molecule has 0 unspecified atom stereocenters. The highest BCUT2D eigenvalue weighted by molar-refractivity contribution is 8.18. The van der Waals surface area contributed by atoms with E-state index in [4.69, 9.17) is 16.3 Å². The Morgan fingerprint density at radius 2 is 1.87 bits per heavy atom. The molecular weight excluding hydrogens is 534 g/mol. The van der Waals surface area contributed by atoms with Crippen LogP contribution in [0.4, 0.5) is 5.69 Å². The number of para-hydroxylation sites is 1. The molecule has 1 N–H and O–H groups in total. The van der Waals surface area contributed by atoms with Gasteiger partial charge in [0.25, 0.3) is 0 Å². The van der Waals surface area contributed by atoms with Crippen LogP contribution in [0.2, 0.25) is 5.02 Å². The van der Waals surface area contributed by atoms with E-state index in [9.17, 15) is 14.7 Å². The molecule has 5 rings (SSSR count). The summed E-state index contributed by atoms with van der Waals surface area (Å²) < 4.78 is 7.24. The van der Waals surface area contributed by atoms with Crippen molar-refractivity contribution in [3.8, 4) is 0 Å². The van der Waals surface area contributed by atoms with Crippen LogP contribution >= 0.6 is 23.4 Å². The quantitative estimate of drug-likeness (QED) is 0.324. The average Bonchev–Trinajstić information content (AvgIpc) is 3.65. The highest BCUT2D eigenvalue weighted by atomic mass is 35.5. The number of thioether (sulfide) groups is 1. The molecule has 1 aromatic heterocycles. The third-order valence-corrected chi connectivity index (χ3v) is 8.14. The number of esters is 1. The van der Waals surface area contributed by atoms with E-state index in [-0.39, 0.29) is 30.4 Å². The number of hydrogen-bond donors (Lipinski definition) is 1. The Morgan fingerprint density at radius 1 is 1.13 bits per heavy atom. The van der Waals surface area contributed by atoms with E-state index in [1.807, 2.05) is 33.9 Å². The molecule has 0 atom stereocenters. The Balaban J connectivity index is 1.57. The molecule has 3 heterocycles. The van der Waals surface area contributed by atoms with Crippen LogP contribution in [0.25, 0.3) is 17.0 Å². The van der Waals surface area contributed by atoms with Gasteiger partial charge in [-0.3, -0.25) is 4.79 Å². The van der Waals surface area contributed by atoms with Crippen LogP contribution in [-0.2, 0) is 27.3 Å². The highest BCUT2D eigenvalue weighted by Gasteiger charge is 2.33. The summed E-state index contributed by atoms with van der Waals surface area (Å²) >= 11 is 7.22. The van der Waals surface area contributed by atoms with Crippen LogP contribution in [0, 0.1) is 0 Å². The van der Waals surface area contributed by atoms with E-state index in [2.05, 4.69) is 18.0 Å². The fourth-order valence-corrected chi connectivity index (χ4v) is 6.12. The number of halogens is 1. The fraction of sp³-hybridized carbons (Fsp3) is 0.300. The molecular formula is C30H30ClN3O4S. The number of hydrogen-bond acceptors (Lipinski definition) is 6. The first-order valence-corrected chi connectivity index (χ1v) is 14.3. The number of aliphatic hydroxyl groups excluding tert-OH is 1. The molecule has 1 fully saturated rings. The summed E-state index contributed by atoms with van der Waals surface area (Å²) in [5.74, 6) is -0.702. The predicted octanol–water partition coefficient (Wildman–Crippen LogP) is 6.67. The zero-order chi connectivity index (χ0) is 27.5. The number of rotatable bonds is 7. The summed E-state index contributed by atoms with van der Waals surface area (Å²) in [5.41, 5.74) is 3.63. The molecule has 39 heavy (non-hydrogen) atoms. The van der Waals surface area contributed by atoms with Crippen LogP contribution in [0.1, 0.15) is 37.8 Å². The van der Waals surface area contributed by atoms with Crippen LogP contribution < -0.4 is 0 Å². The van der Waals surface area contributed by atoms with Gasteiger partial charge in [-0.15, -0.1) is 0 Å². The number of aliphatic hydroxyl groups is 1. The second kappa shape index (κ2) is 11.7. The van der Waals surface area contributed by atoms with Crippen molar-refractivity contribution in [3.63, 3.8) is 0 Å². The molecule has 1 saturated heterocycles. The van der Waals surface area contributed by atoms with Crippen LogP contribution in [0.3, 0.4) is 0 Å². The van der Waals surface area contributed by atoms with E-state index < -0.39 is 5.97 Å². The molecule has 2 aliphatic heterocycles. The summed E-state index contributed by atoms with van der Waals surface area (Å²) in [6, 6.07) is 13.0. The minimum Gasteiger partial charge on any atom is -0.506 e. The zero-order valence-corrected chi connectivity index (χ0v) is 23.5. The van der Waals surface area contributed by atoms with Crippen molar-refractivity contribution in [3.05, 3.63) is 81.0 Å². The first kappa shape index (κ1) is 27.1. The van der Waals surface area contributed by atoms with Gasteiger partial charge in [0.1, 0.15) is 22.9 Å². The van der Waals surface area contributed by atoms with Crippen molar-refractivity contribution < 1.29 is 19.4 Å². The number of nitrogens with zero attached hydrogens (tertiary/aromatic N) is 3. The number of benzene rings is 2. The molecule has 3 aromatic rings. The maximum Gasteiger partial charge on any atom is 0.344 e. The zero-order valence-electron chi connectivity index (χ0n) is 21.9. The molecule has 0 radical (unpaired) electrons. The summed E-state index contributed by atoms with van der Waals surface area (Å²) in [7, 11) is 0. The van der Waals surface area contributed by atoms with E-state index in [0.29, 0.717) is 20.7 Å². The van der Waals surface area contributed by atoms with E-state index in [1.54, 1.807) is 31.2 Å². The molecule has 0 bridgehead atoms. The minimum absolute atomic E-state index is 0.0326. The number of aliphatic imine (C=N–C) groups is 1. The minimum atomic E-state index is -0.634. The molecule has 2 aliphatic rings. The van der Waals surface area contributed by atoms with Gasteiger partial charge in [0.05, 0.1) is 22.7 Å². The molecule has 0 spiro atoms. The van der Waals surface area contributed by atoms with Crippen molar-refractivity contribution >= 4 is 62.9 Å². The van der Waals surface area contributed by atoms with Gasteiger partial charge in [0.2, 0.25) is 5.91 Å². The number of amides is 1. The largest absolute Gasteiger partial charge is 0.506 e. The van der Waals surface area contributed by atoms with Gasteiger partial charge in [0.15, 0.2) is 0 Å². The van der Waals surface area contributed by atoms with Gasteiger partial charge in [0, 0.05) is 35.3 Å². The standard InChI is InChI=1S/C30H30ClN3O4S/c1-3-19-8-7-9-23-20(17-34(27(19)23)18-25(35)33-14-5-6-15-33)16-24-28(36)26(30(37)38-4-2)29(39-24)32-22-12-10-21(31)11-13-22/h7-13,16-17,36H,3-6,14-15,18H2,1-2H3/b24-16-,32-29?. The first-order valence-electron chi connectivity index (χ1n) is 13.1. The van der Waals surface area contributed by atoms with Crippen LogP contribution in [0.5, 0.6) is 0 Å². The van der Waals surface area contributed by atoms with Crippen LogP contribution in [-0.4, -0.2) is 51.2 Å². The SMILES string of the molecule is CCOC(=O)C1=C(O)/C(=C/c2cn(CC(=O)N3CCCC3)c3c(CC)cccc23)SC1=Nc1ccc(Cl)cc1. The normalized spacial score (nSPS) is 17.7. The molecule has 1 amide bonds. The maximum atomic E-state index is 13.0. The smallest absolute Gasteiger partial charge is 0.344 e. The van der Waals surface area contributed by atoms with Crippen molar-refractivity contribution in [1.82, 2.24) is 9.47 Å². The van der Waals surface area contributed by atoms with Gasteiger partial charge >= 0.3 is 5.97 Å². The summed E-state index contributed by atoms with van der Waals surface area (Å²) in [4.78, 5) is 32.9. The lowest BCUT2D eigenvalue weighted by Gasteiger charge is -2.16. The first-order chi connectivity index (χ1) is 18.9. The Bertz CT molecular complexity index is 1510. The monoisotopic (exact) mass is 563 g/mol. The number of carbonyl (C=O) groups excluding carboxylic acids is 2. The number of likely N-dealkylation sites (tertiary alicyclic amines) is 1. The van der Waals surface area contributed by atoms with Gasteiger partial charge in [-0.25, -0.2) is 9.79 Å². The molecule has 7 nitrogen and oxygen atoms in total. The topological polar surface area (TPSA) is 84.1 Å². The average molecular weight is 564 g/mol. The Hall–Kier alpha value is -3.49. The molecule has 202 valence electrons. The van der Waals surface area contributed by atoms with Gasteiger partial charge in [-0.2, -0.15) is 0 Å². The fourth-order valence-electron chi connectivity index (χ4n) is 4.97. The third kappa shape index (κ3) is 5.63. The van der Waals surface area contributed by atoms with Crippen molar-refractivity contribution in [2.75, 3.05) is 19.7 Å². The van der Waals surface area contributed by atoms with Gasteiger partial charge in [-0.1, -0.05) is 48.5 Å². The molecule has 2 aromatic carbocycles. The third-order valence-electron chi connectivity index (χ3n) is 6.87. The van der Waals surface area contributed by atoms with E-state index in [0.717, 1.165) is 54.4 Å². The molecule has 9 heteroatoms. The number of carbonyl (C=O) groups is 2.